The van der Waals surface area contributed by atoms with Gasteiger partial charge in [0.25, 0.3) is 5.91 Å². The number of hydrogen-bond acceptors (Lipinski definition) is 5. The monoisotopic (exact) mass is 303 g/mol. The Kier molecular flexibility index (Phi) is 4.95. The summed E-state index contributed by atoms with van der Waals surface area (Å²) in [5, 5.41) is 13.4. The van der Waals surface area contributed by atoms with Gasteiger partial charge in [0.15, 0.2) is 0 Å². The first-order valence-electron chi connectivity index (χ1n) is 6.35. The third-order valence-corrected chi connectivity index (χ3v) is 3.91. The average molecular weight is 303 g/mol. The standard InChI is InChI=1S/C14H13N3O3S/c15-7-8-21-11-4-2-1-3-9(11)13(19)16-10-5-6-12(18)17-14(10)20/h1-4,10H,5-6,8H2,(H,16,19)(H,17,18,20). The summed E-state index contributed by atoms with van der Waals surface area (Å²) in [4.78, 5) is 35.6. The summed E-state index contributed by atoms with van der Waals surface area (Å²) in [7, 11) is 0. The number of nitrogens with one attached hydrogen (secondary N) is 2. The molecule has 1 fully saturated rings. The van der Waals surface area contributed by atoms with Crippen LogP contribution >= 0.6 is 11.8 Å². The summed E-state index contributed by atoms with van der Waals surface area (Å²) in [6.07, 6.45) is 0.505. The van der Waals surface area contributed by atoms with Gasteiger partial charge in [0.1, 0.15) is 6.04 Å². The van der Waals surface area contributed by atoms with Crippen molar-refractivity contribution in [1.29, 1.82) is 5.26 Å². The predicted molar refractivity (Wildman–Crippen MR) is 76.4 cm³/mol. The van der Waals surface area contributed by atoms with E-state index in [1.165, 1.54) is 11.8 Å². The van der Waals surface area contributed by atoms with Crippen molar-refractivity contribution in [2.75, 3.05) is 5.75 Å². The van der Waals surface area contributed by atoms with Gasteiger partial charge in [-0.2, -0.15) is 5.26 Å². The van der Waals surface area contributed by atoms with Crippen LogP contribution in [0.25, 0.3) is 0 Å². The molecule has 21 heavy (non-hydrogen) atoms. The highest BCUT2D eigenvalue weighted by Gasteiger charge is 2.28. The zero-order valence-corrected chi connectivity index (χ0v) is 11.9. The van der Waals surface area contributed by atoms with Gasteiger partial charge in [-0.3, -0.25) is 19.7 Å². The van der Waals surface area contributed by atoms with Crippen LogP contribution in [0.4, 0.5) is 0 Å². The molecule has 1 aromatic carbocycles. The van der Waals surface area contributed by atoms with Crippen molar-refractivity contribution < 1.29 is 14.4 Å². The maximum absolute atomic E-state index is 12.3. The van der Waals surface area contributed by atoms with E-state index in [0.717, 1.165) is 0 Å². The van der Waals surface area contributed by atoms with Gasteiger partial charge in [-0.1, -0.05) is 12.1 Å². The predicted octanol–water partition coefficient (Wildman–Crippen LogP) is 0.837. The van der Waals surface area contributed by atoms with E-state index < -0.39 is 11.9 Å². The van der Waals surface area contributed by atoms with Crippen molar-refractivity contribution in [3.05, 3.63) is 29.8 Å². The molecule has 1 aromatic rings. The molecule has 0 saturated carbocycles. The van der Waals surface area contributed by atoms with Crippen molar-refractivity contribution in [2.45, 2.75) is 23.8 Å². The van der Waals surface area contributed by atoms with E-state index in [2.05, 4.69) is 10.6 Å². The zero-order valence-electron chi connectivity index (χ0n) is 11.1. The normalized spacial score (nSPS) is 17.8. The molecule has 1 aliphatic heterocycles. The fraction of sp³-hybridized carbons (Fsp3) is 0.286. The van der Waals surface area contributed by atoms with E-state index >= 15 is 0 Å². The van der Waals surface area contributed by atoms with Crippen LogP contribution in [0.2, 0.25) is 0 Å². The molecule has 0 aliphatic carbocycles. The van der Waals surface area contributed by atoms with Gasteiger partial charge in [-0.05, 0) is 18.6 Å². The topological polar surface area (TPSA) is 99.1 Å². The molecular weight excluding hydrogens is 290 g/mol. The highest BCUT2D eigenvalue weighted by molar-refractivity contribution is 7.99. The first kappa shape index (κ1) is 15.1. The van der Waals surface area contributed by atoms with E-state index in [4.69, 9.17) is 5.26 Å². The maximum Gasteiger partial charge on any atom is 0.253 e. The molecule has 0 radical (unpaired) electrons. The largest absolute Gasteiger partial charge is 0.340 e. The number of carbonyl (C=O) groups is 3. The Hall–Kier alpha value is -2.33. The minimum Gasteiger partial charge on any atom is -0.340 e. The van der Waals surface area contributed by atoms with Crippen molar-refractivity contribution in [2.24, 2.45) is 0 Å². The van der Waals surface area contributed by atoms with Gasteiger partial charge in [-0.25, -0.2) is 0 Å². The molecule has 2 rings (SSSR count). The van der Waals surface area contributed by atoms with Gasteiger partial charge in [-0.15, -0.1) is 11.8 Å². The van der Waals surface area contributed by atoms with Crippen LogP contribution in [-0.4, -0.2) is 29.5 Å². The highest BCUT2D eigenvalue weighted by atomic mass is 32.2. The van der Waals surface area contributed by atoms with Crippen molar-refractivity contribution in [3.8, 4) is 6.07 Å². The van der Waals surface area contributed by atoms with E-state index in [0.29, 0.717) is 16.9 Å². The Bertz CT molecular complexity index is 624. The van der Waals surface area contributed by atoms with Crippen LogP contribution in [0.1, 0.15) is 23.2 Å². The minimum atomic E-state index is -0.704. The number of amides is 3. The summed E-state index contributed by atoms with van der Waals surface area (Å²) in [6.45, 7) is 0. The minimum absolute atomic E-state index is 0.210. The van der Waals surface area contributed by atoms with Crippen LogP contribution in [0.3, 0.4) is 0 Å². The number of hydrogen-bond donors (Lipinski definition) is 2. The van der Waals surface area contributed by atoms with Gasteiger partial charge in [0.05, 0.1) is 17.4 Å². The van der Waals surface area contributed by atoms with E-state index in [9.17, 15) is 14.4 Å². The maximum atomic E-state index is 12.3. The summed E-state index contributed by atoms with van der Waals surface area (Å²) in [5.74, 6) is -0.953. The quantitative estimate of drug-likeness (QED) is 0.634. The smallest absolute Gasteiger partial charge is 0.253 e. The first-order chi connectivity index (χ1) is 10.1. The van der Waals surface area contributed by atoms with Gasteiger partial charge < -0.3 is 5.32 Å². The fourth-order valence-electron chi connectivity index (χ4n) is 1.96. The Labute approximate surface area is 125 Å². The summed E-state index contributed by atoms with van der Waals surface area (Å²) in [6, 6.07) is 8.19. The highest BCUT2D eigenvalue weighted by Crippen LogP contribution is 2.22. The number of piperidine rings is 1. The van der Waals surface area contributed by atoms with E-state index in [-0.39, 0.29) is 24.0 Å². The Morgan fingerprint density at radius 1 is 1.43 bits per heavy atom. The van der Waals surface area contributed by atoms with Gasteiger partial charge >= 0.3 is 0 Å². The summed E-state index contributed by atoms with van der Waals surface area (Å²) >= 11 is 1.26. The molecule has 0 bridgehead atoms. The van der Waals surface area contributed by atoms with Crippen LogP contribution < -0.4 is 10.6 Å². The van der Waals surface area contributed by atoms with Crippen molar-refractivity contribution >= 4 is 29.5 Å². The van der Waals surface area contributed by atoms with E-state index in [1.807, 2.05) is 6.07 Å². The van der Waals surface area contributed by atoms with Crippen molar-refractivity contribution in [1.82, 2.24) is 10.6 Å². The molecule has 108 valence electrons. The third kappa shape index (κ3) is 3.83. The van der Waals surface area contributed by atoms with E-state index in [1.54, 1.807) is 24.3 Å². The Morgan fingerprint density at radius 3 is 2.90 bits per heavy atom. The number of rotatable bonds is 4. The number of imide groups is 1. The summed E-state index contributed by atoms with van der Waals surface area (Å²) in [5.41, 5.74) is 0.419. The molecule has 1 saturated heterocycles. The average Bonchev–Trinajstić information content (AvgIpc) is 2.48. The molecular formula is C14H13N3O3S. The lowest BCUT2D eigenvalue weighted by molar-refractivity contribution is -0.134. The second kappa shape index (κ2) is 6.90. The number of benzene rings is 1. The van der Waals surface area contributed by atoms with Crippen LogP contribution in [-0.2, 0) is 9.59 Å². The molecule has 1 unspecified atom stereocenters. The second-order valence-electron chi connectivity index (χ2n) is 4.42. The zero-order chi connectivity index (χ0) is 15.2. The molecule has 1 aliphatic rings. The Balaban J connectivity index is 2.08. The molecule has 7 heteroatoms. The Morgan fingerprint density at radius 2 is 2.19 bits per heavy atom. The van der Waals surface area contributed by atoms with Crippen LogP contribution in [0, 0.1) is 11.3 Å². The lowest BCUT2D eigenvalue weighted by atomic mass is 10.1. The van der Waals surface area contributed by atoms with Crippen molar-refractivity contribution in [3.63, 3.8) is 0 Å². The number of carbonyl (C=O) groups excluding carboxylic acids is 3. The lowest BCUT2D eigenvalue weighted by Gasteiger charge is -2.22. The number of thioether (sulfide) groups is 1. The molecule has 1 atom stereocenters. The van der Waals surface area contributed by atoms with Crippen LogP contribution in [0.5, 0.6) is 0 Å². The molecule has 2 N–H and O–H groups in total. The summed E-state index contributed by atoms with van der Waals surface area (Å²) < 4.78 is 0. The van der Waals surface area contributed by atoms with Gasteiger partial charge in [0, 0.05) is 11.3 Å². The number of nitrogens with zero attached hydrogens (tertiary/aromatic N) is 1. The lowest BCUT2D eigenvalue weighted by Crippen LogP contribution is -2.52. The SMILES string of the molecule is N#CCSc1ccccc1C(=O)NC1CCC(=O)NC1=O. The second-order valence-corrected chi connectivity index (χ2v) is 5.44. The third-order valence-electron chi connectivity index (χ3n) is 2.97. The molecule has 1 heterocycles. The molecule has 6 nitrogen and oxygen atoms in total. The van der Waals surface area contributed by atoms with Gasteiger partial charge in [0.2, 0.25) is 11.8 Å². The number of nitriles is 1. The fourth-order valence-corrected chi connectivity index (χ4v) is 2.67. The first-order valence-corrected chi connectivity index (χ1v) is 7.33. The molecule has 0 aromatic heterocycles. The molecule has 0 spiro atoms. The molecule has 3 amide bonds. The van der Waals surface area contributed by atoms with Crippen LogP contribution in [0.15, 0.2) is 29.2 Å².